The molecule has 0 aliphatic carbocycles. The minimum absolute atomic E-state index is 0.0220. The maximum Gasteiger partial charge on any atom is 0.299 e. The van der Waals surface area contributed by atoms with E-state index >= 15 is 0 Å². The highest BCUT2D eigenvalue weighted by atomic mass is 35.5. The lowest BCUT2D eigenvalue weighted by Crippen LogP contribution is -2.45. The largest absolute Gasteiger partial charge is 0.346 e. The zero-order valence-electron chi connectivity index (χ0n) is 12.2. The number of nitrogens with one attached hydrogen (secondary N) is 1. The molecular formula is C13H19ClN2O3S. The van der Waals surface area contributed by atoms with E-state index in [4.69, 9.17) is 11.6 Å². The van der Waals surface area contributed by atoms with Crippen LogP contribution in [0.3, 0.4) is 0 Å². The maximum atomic E-state index is 12.2. The van der Waals surface area contributed by atoms with Crippen LogP contribution in [0, 0.1) is 15.5 Å². The molecule has 1 heterocycles. The van der Waals surface area contributed by atoms with Gasteiger partial charge in [-0.1, -0.05) is 32.4 Å². The van der Waals surface area contributed by atoms with Crippen molar-refractivity contribution in [1.29, 1.82) is 0 Å². The van der Waals surface area contributed by atoms with Crippen LogP contribution in [0.1, 0.15) is 50.7 Å². The fourth-order valence-electron chi connectivity index (χ4n) is 2.33. The number of rotatable bonds is 4. The van der Waals surface area contributed by atoms with Gasteiger partial charge in [0.15, 0.2) is 4.34 Å². The van der Waals surface area contributed by atoms with E-state index < -0.39 is 10.5 Å². The SMILES string of the molecule is CC(C)(C)CC(C)(C)NC(=O)c1cc([N+](=O)[O-])c(Cl)s1. The van der Waals surface area contributed by atoms with Gasteiger partial charge in [-0.3, -0.25) is 14.9 Å². The zero-order valence-corrected chi connectivity index (χ0v) is 13.8. The topological polar surface area (TPSA) is 72.2 Å². The van der Waals surface area contributed by atoms with Crippen LogP contribution >= 0.6 is 22.9 Å². The highest BCUT2D eigenvalue weighted by Crippen LogP contribution is 2.34. The fraction of sp³-hybridized carbons (Fsp3) is 0.615. The summed E-state index contributed by atoms with van der Waals surface area (Å²) in [6.07, 6.45) is 0.785. The van der Waals surface area contributed by atoms with Gasteiger partial charge in [-0.2, -0.15) is 0 Å². The molecule has 0 bridgehead atoms. The van der Waals surface area contributed by atoms with Gasteiger partial charge in [0, 0.05) is 11.6 Å². The monoisotopic (exact) mass is 318 g/mol. The van der Waals surface area contributed by atoms with Gasteiger partial charge < -0.3 is 5.32 Å². The Morgan fingerprint density at radius 3 is 2.35 bits per heavy atom. The van der Waals surface area contributed by atoms with Crippen LogP contribution in [0.4, 0.5) is 5.69 Å². The van der Waals surface area contributed by atoms with Crippen LogP contribution < -0.4 is 5.32 Å². The van der Waals surface area contributed by atoms with Crippen molar-refractivity contribution in [3.63, 3.8) is 0 Å². The van der Waals surface area contributed by atoms with Crippen LogP contribution in [0.15, 0.2) is 6.07 Å². The van der Waals surface area contributed by atoms with E-state index in [1.165, 1.54) is 6.07 Å². The molecule has 7 heteroatoms. The molecule has 20 heavy (non-hydrogen) atoms. The summed E-state index contributed by atoms with van der Waals surface area (Å²) in [4.78, 5) is 22.5. The Bertz CT molecular complexity index is 532. The molecule has 1 aromatic rings. The van der Waals surface area contributed by atoms with Crippen LogP contribution in [0.5, 0.6) is 0 Å². The van der Waals surface area contributed by atoms with Gasteiger partial charge in [0.25, 0.3) is 11.6 Å². The van der Waals surface area contributed by atoms with Gasteiger partial charge in [0.05, 0.1) is 4.92 Å². The second-order valence-corrected chi connectivity index (χ2v) is 8.26. The maximum absolute atomic E-state index is 12.2. The highest BCUT2D eigenvalue weighted by Gasteiger charge is 2.29. The lowest BCUT2D eigenvalue weighted by molar-refractivity contribution is -0.384. The lowest BCUT2D eigenvalue weighted by Gasteiger charge is -2.33. The van der Waals surface area contributed by atoms with E-state index in [0.717, 1.165) is 17.8 Å². The summed E-state index contributed by atoms with van der Waals surface area (Å²) in [5.41, 5.74) is -0.563. The molecule has 0 unspecified atom stereocenters. The molecule has 0 spiro atoms. The van der Waals surface area contributed by atoms with E-state index in [0.29, 0.717) is 0 Å². The van der Waals surface area contributed by atoms with E-state index in [9.17, 15) is 14.9 Å². The fourth-order valence-corrected chi connectivity index (χ4v) is 3.45. The van der Waals surface area contributed by atoms with Crippen LogP contribution in [-0.4, -0.2) is 16.4 Å². The third kappa shape index (κ3) is 4.76. The first-order valence-corrected chi connectivity index (χ1v) is 7.37. The Balaban J connectivity index is 2.86. The third-order valence-electron chi connectivity index (χ3n) is 2.51. The molecule has 0 aromatic carbocycles. The number of nitro groups is 1. The number of hydrogen-bond acceptors (Lipinski definition) is 4. The average molecular weight is 319 g/mol. The molecule has 1 N–H and O–H groups in total. The molecule has 5 nitrogen and oxygen atoms in total. The molecule has 0 aliphatic rings. The van der Waals surface area contributed by atoms with Gasteiger partial charge in [0.2, 0.25) is 0 Å². The summed E-state index contributed by atoms with van der Waals surface area (Å²) in [7, 11) is 0. The Hall–Kier alpha value is -1.14. The quantitative estimate of drug-likeness (QED) is 0.666. The highest BCUT2D eigenvalue weighted by molar-refractivity contribution is 7.18. The summed E-state index contributed by atoms with van der Waals surface area (Å²) in [5.74, 6) is -0.334. The van der Waals surface area contributed by atoms with E-state index in [1.807, 2.05) is 13.8 Å². The van der Waals surface area contributed by atoms with Gasteiger partial charge in [0.1, 0.15) is 4.88 Å². The number of carbonyl (C=O) groups excluding carboxylic acids is 1. The van der Waals surface area contributed by atoms with Crippen LogP contribution in [0.25, 0.3) is 0 Å². The summed E-state index contributed by atoms with van der Waals surface area (Å²) < 4.78 is 0.0220. The molecule has 0 atom stereocenters. The molecule has 1 amide bonds. The van der Waals surface area contributed by atoms with Gasteiger partial charge in [-0.05, 0) is 25.7 Å². The minimum Gasteiger partial charge on any atom is -0.346 e. The smallest absolute Gasteiger partial charge is 0.299 e. The van der Waals surface area contributed by atoms with Crippen molar-refractivity contribution in [2.24, 2.45) is 5.41 Å². The predicted molar refractivity (Wildman–Crippen MR) is 81.6 cm³/mol. The van der Waals surface area contributed by atoms with Gasteiger partial charge in [-0.25, -0.2) is 0 Å². The number of nitrogens with zero attached hydrogens (tertiary/aromatic N) is 1. The molecular weight excluding hydrogens is 300 g/mol. The number of amides is 1. The first-order chi connectivity index (χ1) is 8.91. The third-order valence-corrected chi connectivity index (χ3v) is 3.85. The molecule has 0 fully saturated rings. The van der Waals surface area contributed by atoms with Crippen molar-refractivity contribution in [1.82, 2.24) is 5.32 Å². The second kappa shape index (κ2) is 5.69. The Kier molecular flexibility index (Phi) is 4.82. The molecule has 0 aliphatic heterocycles. The number of carbonyl (C=O) groups is 1. The van der Waals surface area contributed by atoms with E-state index in [2.05, 4.69) is 26.1 Å². The van der Waals surface area contributed by atoms with Crippen molar-refractivity contribution < 1.29 is 9.72 Å². The Labute approximate surface area is 127 Å². The number of hydrogen-bond donors (Lipinski definition) is 1. The lowest BCUT2D eigenvalue weighted by atomic mass is 9.82. The molecule has 1 aromatic heterocycles. The van der Waals surface area contributed by atoms with Crippen molar-refractivity contribution >= 4 is 34.5 Å². The number of halogens is 1. The van der Waals surface area contributed by atoms with E-state index in [-0.39, 0.29) is 26.2 Å². The zero-order chi connectivity index (χ0) is 15.7. The number of thiophene rings is 1. The molecule has 112 valence electrons. The Morgan fingerprint density at radius 2 is 1.95 bits per heavy atom. The Morgan fingerprint density at radius 1 is 1.40 bits per heavy atom. The van der Waals surface area contributed by atoms with Crippen molar-refractivity contribution in [3.8, 4) is 0 Å². The molecule has 1 rings (SSSR count). The molecule has 0 saturated heterocycles. The summed E-state index contributed by atoms with van der Waals surface area (Å²) in [5, 5.41) is 13.6. The van der Waals surface area contributed by atoms with Crippen LogP contribution in [0.2, 0.25) is 4.34 Å². The first-order valence-electron chi connectivity index (χ1n) is 6.17. The van der Waals surface area contributed by atoms with Crippen LogP contribution in [-0.2, 0) is 0 Å². The second-order valence-electron chi connectivity index (χ2n) is 6.60. The van der Waals surface area contributed by atoms with Crippen molar-refractivity contribution in [3.05, 3.63) is 25.4 Å². The first kappa shape index (κ1) is 16.9. The summed E-state index contributed by atoms with van der Waals surface area (Å²) >= 11 is 6.68. The minimum atomic E-state index is -0.587. The predicted octanol–water partition coefficient (Wildman–Crippen LogP) is 4.25. The summed E-state index contributed by atoms with van der Waals surface area (Å²) in [6.45, 7) is 10.1. The van der Waals surface area contributed by atoms with Gasteiger partial charge in [-0.15, -0.1) is 11.3 Å². The molecule has 0 radical (unpaired) electrons. The van der Waals surface area contributed by atoms with Gasteiger partial charge >= 0.3 is 0 Å². The average Bonchev–Trinajstić information content (AvgIpc) is 2.55. The van der Waals surface area contributed by atoms with E-state index in [1.54, 1.807) is 0 Å². The van der Waals surface area contributed by atoms with Crippen molar-refractivity contribution in [2.45, 2.75) is 46.6 Å². The summed E-state index contributed by atoms with van der Waals surface area (Å²) in [6, 6.07) is 1.22. The normalized spacial score (nSPS) is 12.3. The molecule has 0 saturated carbocycles. The van der Waals surface area contributed by atoms with Crippen molar-refractivity contribution in [2.75, 3.05) is 0 Å². The standard InChI is InChI=1S/C13H19ClN2O3S/c1-12(2,3)7-13(4,5)15-11(17)9-6-8(16(18)19)10(14)20-9/h6H,7H2,1-5H3,(H,15,17).